The molecule has 2 N–H and O–H groups in total. The molecule has 0 unspecified atom stereocenters. The molecule has 0 atom stereocenters. The van der Waals surface area contributed by atoms with Crippen LogP contribution in [0.15, 0.2) is 12.3 Å². The van der Waals surface area contributed by atoms with Crippen molar-refractivity contribution < 1.29 is 9.53 Å². The van der Waals surface area contributed by atoms with Gasteiger partial charge in [-0.15, -0.1) is 0 Å². The number of hydrogen-bond acceptors (Lipinski definition) is 5. The van der Waals surface area contributed by atoms with E-state index in [0.717, 1.165) is 37.3 Å². The number of aromatic nitrogens is 1. The molecule has 0 aromatic carbocycles. The Labute approximate surface area is 107 Å². The number of piperidine rings is 1. The largest absolute Gasteiger partial charge is 0.469 e. The highest BCUT2D eigenvalue weighted by atomic mass is 16.5. The number of carbonyl (C=O) groups is 1. The van der Waals surface area contributed by atoms with E-state index in [1.165, 1.54) is 7.11 Å². The molecular formula is C13H19N3O2. The normalized spacial score (nSPS) is 16.7. The third-order valence-corrected chi connectivity index (χ3v) is 3.40. The van der Waals surface area contributed by atoms with Crippen LogP contribution in [0.25, 0.3) is 0 Å². The number of anilines is 2. The molecular weight excluding hydrogens is 230 g/mol. The Kier molecular flexibility index (Phi) is 3.69. The third kappa shape index (κ3) is 2.55. The van der Waals surface area contributed by atoms with E-state index in [2.05, 4.69) is 9.88 Å². The van der Waals surface area contributed by atoms with Gasteiger partial charge in [-0.25, -0.2) is 4.98 Å². The Morgan fingerprint density at radius 3 is 2.72 bits per heavy atom. The molecule has 98 valence electrons. The van der Waals surface area contributed by atoms with Crippen LogP contribution in [0.2, 0.25) is 0 Å². The molecule has 1 aliphatic rings. The van der Waals surface area contributed by atoms with Crippen LogP contribution in [0.4, 0.5) is 11.5 Å². The highest BCUT2D eigenvalue weighted by molar-refractivity contribution is 5.72. The van der Waals surface area contributed by atoms with Crippen molar-refractivity contribution >= 4 is 17.5 Å². The summed E-state index contributed by atoms with van der Waals surface area (Å²) >= 11 is 0. The molecule has 2 heterocycles. The second-order valence-electron chi connectivity index (χ2n) is 4.69. The van der Waals surface area contributed by atoms with Crippen molar-refractivity contribution in [1.29, 1.82) is 0 Å². The summed E-state index contributed by atoms with van der Waals surface area (Å²) in [6.45, 7) is 3.67. The first-order chi connectivity index (χ1) is 8.61. The number of methoxy groups -OCH3 is 1. The minimum Gasteiger partial charge on any atom is -0.469 e. The van der Waals surface area contributed by atoms with Crippen LogP contribution in [0, 0.1) is 12.8 Å². The van der Waals surface area contributed by atoms with Crippen LogP contribution in [-0.4, -0.2) is 31.2 Å². The van der Waals surface area contributed by atoms with E-state index >= 15 is 0 Å². The van der Waals surface area contributed by atoms with Gasteiger partial charge in [0.2, 0.25) is 0 Å². The predicted octanol–water partition coefficient (Wildman–Crippen LogP) is 1.36. The lowest BCUT2D eigenvalue weighted by Gasteiger charge is -2.32. The molecule has 0 radical (unpaired) electrons. The lowest BCUT2D eigenvalue weighted by atomic mass is 9.97. The molecule has 1 aromatic heterocycles. The summed E-state index contributed by atoms with van der Waals surface area (Å²) in [5.74, 6) is 0.893. The summed E-state index contributed by atoms with van der Waals surface area (Å²) in [5.41, 5.74) is 7.45. The number of nitrogen functional groups attached to an aromatic ring is 1. The Morgan fingerprint density at radius 1 is 1.50 bits per heavy atom. The molecule has 0 spiro atoms. The molecule has 2 rings (SSSR count). The van der Waals surface area contributed by atoms with E-state index in [-0.39, 0.29) is 11.9 Å². The fourth-order valence-corrected chi connectivity index (χ4v) is 2.41. The molecule has 5 nitrogen and oxygen atoms in total. The molecule has 0 aliphatic carbocycles. The number of aryl methyl sites for hydroxylation is 1. The smallest absolute Gasteiger partial charge is 0.308 e. The minimum absolute atomic E-state index is 0.0281. The number of carbonyl (C=O) groups excluding carboxylic acids is 1. The zero-order valence-corrected chi connectivity index (χ0v) is 10.8. The third-order valence-electron chi connectivity index (χ3n) is 3.40. The Bertz CT molecular complexity index is 440. The van der Waals surface area contributed by atoms with Crippen LogP contribution in [0.3, 0.4) is 0 Å². The van der Waals surface area contributed by atoms with E-state index in [0.29, 0.717) is 5.69 Å². The van der Waals surface area contributed by atoms with Crippen molar-refractivity contribution in [2.75, 3.05) is 30.8 Å². The molecule has 1 aromatic rings. The lowest BCUT2D eigenvalue weighted by Crippen LogP contribution is -2.37. The zero-order chi connectivity index (χ0) is 13.1. The first-order valence-corrected chi connectivity index (χ1v) is 6.16. The van der Waals surface area contributed by atoms with Gasteiger partial charge in [0, 0.05) is 13.1 Å². The predicted molar refractivity (Wildman–Crippen MR) is 70.3 cm³/mol. The first kappa shape index (κ1) is 12.7. The van der Waals surface area contributed by atoms with E-state index < -0.39 is 0 Å². The molecule has 0 amide bonds. The van der Waals surface area contributed by atoms with Crippen LogP contribution in [0.1, 0.15) is 18.4 Å². The quantitative estimate of drug-likeness (QED) is 0.801. The van der Waals surface area contributed by atoms with Crippen LogP contribution in [0.5, 0.6) is 0 Å². The summed E-state index contributed by atoms with van der Waals surface area (Å²) in [6, 6.07) is 1.93. The second kappa shape index (κ2) is 5.25. The SMILES string of the molecule is COC(=O)C1CCN(c2ncc(N)cc2C)CC1. The summed E-state index contributed by atoms with van der Waals surface area (Å²) in [7, 11) is 1.44. The Balaban J connectivity index is 2.03. The summed E-state index contributed by atoms with van der Waals surface area (Å²) in [5, 5.41) is 0. The molecule has 0 bridgehead atoms. The minimum atomic E-state index is -0.100. The maximum Gasteiger partial charge on any atom is 0.308 e. The number of pyridine rings is 1. The van der Waals surface area contributed by atoms with E-state index in [9.17, 15) is 4.79 Å². The van der Waals surface area contributed by atoms with E-state index in [4.69, 9.17) is 10.5 Å². The maximum absolute atomic E-state index is 11.4. The number of ether oxygens (including phenoxy) is 1. The standard InChI is InChI=1S/C13H19N3O2/c1-9-7-11(14)8-15-12(9)16-5-3-10(4-6-16)13(17)18-2/h7-8,10H,3-6,14H2,1-2H3. The molecule has 18 heavy (non-hydrogen) atoms. The monoisotopic (exact) mass is 249 g/mol. The van der Waals surface area contributed by atoms with Gasteiger partial charge >= 0.3 is 5.97 Å². The van der Waals surface area contributed by atoms with Gasteiger partial charge < -0.3 is 15.4 Å². The number of nitrogens with zero attached hydrogens (tertiary/aromatic N) is 2. The number of rotatable bonds is 2. The fraction of sp³-hybridized carbons (Fsp3) is 0.538. The van der Waals surface area contributed by atoms with Gasteiger partial charge in [-0.3, -0.25) is 4.79 Å². The van der Waals surface area contributed by atoms with E-state index in [1.807, 2.05) is 13.0 Å². The molecule has 5 heteroatoms. The number of nitrogens with two attached hydrogens (primary N) is 1. The number of esters is 1. The van der Waals surface area contributed by atoms with Gasteiger partial charge in [-0.05, 0) is 31.4 Å². The zero-order valence-electron chi connectivity index (χ0n) is 10.8. The second-order valence-corrected chi connectivity index (χ2v) is 4.69. The van der Waals surface area contributed by atoms with Crippen molar-refractivity contribution in [2.24, 2.45) is 5.92 Å². The van der Waals surface area contributed by atoms with Crippen molar-refractivity contribution in [2.45, 2.75) is 19.8 Å². The summed E-state index contributed by atoms with van der Waals surface area (Å²) < 4.78 is 4.78. The van der Waals surface area contributed by atoms with Crippen LogP contribution >= 0.6 is 0 Å². The van der Waals surface area contributed by atoms with Gasteiger partial charge in [0.25, 0.3) is 0 Å². The fourth-order valence-electron chi connectivity index (χ4n) is 2.41. The molecule has 1 fully saturated rings. The summed E-state index contributed by atoms with van der Waals surface area (Å²) in [6.07, 6.45) is 3.31. The van der Waals surface area contributed by atoms with Gasteiger partial charge in [-0.1, -0.05) is 0 Å². The van der Waals surface area contributed by atoms with Gasteiger partial charge in [0.1, 0.15) is 5.82 Å². The highest BCUT2D eigenvalue weighted by Gasteiger charge is 2.26. The number of hydrogen-bond donors (Lipinski definition) is 1. The van der Waals surface area contributed by atoms with Crippen molar-refractivity contribution in [3.8, 4) is 0 Å². The van der Waals surface area contributed by atoms with Gasteiger partial charge in [-0.2, -0.15) is 0 Å². The van der Waals surface area contributed by atoms with Crippen LogP contribution in [-0.2, 0) is 9.53 Å². The van der Waals surface area contributed by atoms with Crippen molar-refractivity contribution in [3.05, 3.63) is 17.8 Å². The first-order valence-electron chi connectivity index (χ1n) is 6.16. The van der Waals surface area contributed by atoms with Crippen molar-refractivity contribution in [1.82, 2.24) is 4.98 Å². The average molecular weight is 249 g/mol. The van der Waals surface area contributed by atoms with E-state index in [1.54, 1.807) is 6.20 Å². The lowest BCUT2D eigenvalue weighted by molar-refractivity contribution is -0.146. The Morgan fingerprint density at radius 2 is 2.17 bits per heavy atom. The molecule has 1 aliphatic heterocycles. The topological polar surface area (TPSA) is 68.5 Å². The van der Waals surface area contributed by atoms with Gasteiger partial charge in [0.05, 0.1) is 24.9 Å². The molecule has 0 saturated carbocycles. The van der Waals surface area contributed by atoms with Gasteiger partial charge in [0.15, 0.2) is 0 Å². The van der Waals surface area contributed by atoms with Crippen LogP contribution < -0.4 is 10.6 Å². The maximum atomic E-state index is 11.4. The highest BCUT2D eigenvalue weighted by Crippen LogP contribution is 2.25. The average Bonchev–Trinajstić information content (AvgIpc) is 2.38. The summed E-state index contributed by atoms with van der Waals surface area (Å²) in [4.78, 5) is 18.0. The Hall–Kier alpha value is -1.78. The van der Waals surface area contributed by atoms with Crippen molar-refractivity contribution in [3.63, 3.8) is 0 Å². The molecule has 1 saturated heterocycles.